The molecule has 0 aliphatic carbocycles. The summed E-state index contributed by atoms with van der Waals surface area (Å²) >= 11 is 0. The Kier molecular flexibility index (Phi) is 4.24. The summed E-state index contributed by atoms with van der Waals surface area (Å²) in [6.45, 7) is 3.06. The second-order valence-corrected chi connectivity index (χ2v) is 5.30. The summed E-state index contributed by atoms with van der Waals surface area (Å²) in [7, 11) is -2.46. The van der Waals surface area contributed by atoms with Gasteiger partial charge >= 0.3 is 5.97 Å². The first-order valence-electron chi connectivity index (χ1n) is 4.84. The van der Waals surface area contributed by atoms with Crippen molar-refractivity contribution in [1.29, 1.82) is 0 Å². The van der Waals surface area contributed by atoms with Gasteiger partial charge in [0.25, 0.3) is 0 Å². The number of esters is 1. The maximum absolute atomic E-state index is 11.6. The van der Waals surface area contributed by atoms with Gasteiger partial charge in [-0.25, -0.2) is 13.1 Å². The van der Waals surface area contributed by atoms with Crippen LogP contribution in [-0.4, -0.2) is 32.7 Å². The average Bonchev–Trinajstić information content (AvgIpc) is 2.60. The molecule has 1 atom stereocenters. The van der Waals surface area contributed by atoms with Crippen LogP contribution in [0.1, 0.15) is 18.4 Å². The van der Waals surface area contributed by atoms with Gasteiger partial charge in [0.15, 0.2) is 0 Å². The Morgan fingerprint density at radius 3 is 2.76 bits per heavy atom. The molecule has 17 heavy (non-hydrogen) atoms. The highest BCUT2D eigenvalue weighted by Crippen LogP contribution is 2.06. The zero-order chi connectivity index (χ0) is 13.1. The van der Waals surface area contributed by atoms with Crippen molar-refractivity contribution in [2.24, 2.45) is 0 Å². The molecule has 0 spiro atoms. The molecule has 1 unspecified atom stereocenters. The Morgan fingerprint density at radius 2 is 2.29 bits per heavy atom. The van der Waals surface area contributed by atoms with Crippen molar-refractivity contribution in [2.75, 3.05) is 7.11 Å². The fraction of sp³-hybridized carbons (Fsp3) is 0.556. The fourth-order valence-electron chi connectivity index (χ4n) is 1.22. The number of carbonyl (C=O) groups is 1. The lowest BCUT2D eigenvalue weighted by molar-refractivity contribution is -0.142. The Bertz CT molecular complexity index is 493. The van der Waals surface area contributed by atoms with Crippen LogP contribution in [0.4, 0.5) is 0 Å². The number of aryl methyl sites for hydroxylation is 1. The van der Waals surface area contributed by atoms with Crippen LogP contribution in [0, 0.1) is 6.92 Å². The van der Waals surface area contributed by atoms with Crippen molar-refractivity contribution >= 4 is 16.0 Å². The third kappa shape index (κ3) is 4.16. The zero-order valence-electron chi connectivity index (χ0n) is 9.76. The minimum Gasteiger partial charge on any atom is -0.468 e. The van der Waals surface area contributed by atoms with Crippen molar-refractivity contribution in [1.82, 2.24) is 9.88 Å². The molecule has 0 fully saturated rings. The van der Waals surface area contributed by atoms with E-state index in [2.05, 4.69) is 14.6 Å². The molecule has 7 nitrogen and oxygen atoms in total. The van der Waals surface area contributed by atoms with Crippen LogP contribution in [0.15, 0.2) is 10.6 Å². The Hall–Kier alpha value is -1.41. The summed E-state index contributed by atoms with van der Waals surface area (Å²) in [5.41, 5.74) is 0.284. The van der Waals surface area contributed by atoms with Crippen LogP contribution in [0.3, 0.4) is 0 Å². The molecule has 96 valence electrons. The summed E-state index contributed by atoms with van der Waals surface area (Å²) in [5, 5.41) is 3.56. The molecule has 1 N–H and O–H groups in total. The van der Waals surface area contributed by atoms with Gasteiger partial charge in [0.1, 0.15) is 23.2 Å². The van der Waals surface area contributed by atoms with Crippen molar-refractivity contribution in [3.8, 4) is 0 Å². The highest BCUT2D eigenvalue weighted by molar-refractivity contribution is 7.88. The lowest BCUT2D eigenvalue weighted by Crippen LogP contribution is -2.39. The van der Waals surface area contributed by atoms with E-state index < -0.39 is 22.0 Å². The van der Waals surface area contributed by atoms with Crippen LogP contribution < -0.4 is 4.72 Å². The maximum Gasteiger partial charge on any atom is 0.323 e. The molecule has 0 radical (unpaired) electrons. The zero-order valence-corrected chi connectivity index (χ0v) is 10.6. The van der Waals surface area contributed by atoms with E-state index in [0.29, 0.717) is 5.76 Å². The Labute approximate surface area is 99.2 Å². The molecule has 0 saturated carbocycles. The number of aromatic nitrogens is 1. The number of methoxy groups -OCH3 is 1. The molecule has 0 aliphatic heterocycles. The number of nitrogens with one attached hydrogen (secondary N) is 1. The maximum atomic E-state index is 11.6. The molecular weight excluding hydrogens is 248 g/mol. The molecule has 0 aromatic carbocycles. The van der Waals surface area contributed by atoms with Gasteiger partial charge in [0.05, 0.1) is 7.11 Å². The first kappa shape index (κ1) is 13.7. The molecule has 0 amide bonds. The largest absolute Gasteiger partial charge is 0.468 e. The predicted molar refractivity (Wildman–Crippen MR) is 58.5 cm³/mol. The van der Waals surface area contributed by atoms with Crippen LogP contribution in [0.5, 0.6) is 0 Å². The van der Waals surface area contributed by atoms with Crippen molar-refractivity contribution in [2.45, 2.75) is 25.6 Å². The van der Waals surface area contributed by atoms with Crippen LogP contribution in [-0.2, 0) is 25.3 Å². The van der Waals surface area contributed by atoms with Gasteiger partial charge in [0, 0.05) is 6.07 Å². The molecule has 1 rings (SSSR count). The number of sulfonamides is 1. The second-order valence-electron chi connectivity index (χ2n) is 3.55. The summed E-state index contributed by atoms with van der Waals surface area (Å²) in [5.74, 6) is -0.466. The van der Waals surface area contributed by atoms with E-state index in [-0.39, 0.29) is 11.4 Å². The highest BCUT2D eigenvalue weighted by Gasteiger charge is 2.22. The SMILES string of the molecule is COC(=O)C(C)NS(=O)(=O)Cc1cc(C)on1. The van der Waals surface area contributed by atoms with Crippen LogP contribution >= 0.6 is 0 Å². The normalized spacial score (nSPS) is 13.4. The van der Waals surface area contributed by atoms with E-state index in [9.17, 15) is 13.2 Å². The fourth-order valence-corrected chi connectivity index (χ4v) is 2.46. The van der Waals surface area contributed by atoms with E-state index in [1.165, 1.54) is 20.1 Å². The number of hydrogen-bond acceptors (Lipinski definition) is 6. The molecule has 0 aliphatic rings. The van der Waals surface area contributed by atoms with E-state index in [0.717, 1.165) is 0 Å². The summed E-state index contributed by atoms with van der Waals surface area (Å²) in [6.07, 6.45) is 0. The number of carbonyl (C=O) groups excluding carboxylic acids is 1. The van der Waals surface area contributed by atoms with Gasteiger partial charge in [-0.3, -0.25) is 4.79 Å². The van der Waals surface area contributed by atoms with Crippen molar-refractivity contribution in [3.05, 3.63) is 17.5 Å². The average molecular weight is 262 g/mol. The van der Waals surface area contributed by atoms with E-state index in [1.54, 1.807) is 6.92 Å². The molecular formula is C9H14N2O5S. The van der Waals surface area contributed by atoms with Crippen molar-refractivity contribution in [3.63, 3.8) is 0 Å². The van der Waals surface area contributed by atoms with E-state index in [4.69, 9.17) is 4.52 Å². The smallest absolute Gasteiger partial charge is 0.323 e. The minimum atomic E-state index is -3.65. The molecule has 0 bridgehead atoms. The lowest BCUT2D eigenvalue weighted by atomic mass is 10.4. The first-order valence-corrected chi connectivity index (χ1v) is 6.49. The van der Waals surface area contributed by atoms with Gasteiger partial charge in [-0.2, -0.15) is 0 Å². The van der Waals surface area contributed by atoms with Gasteiger partial charge in [0.2, 0.25) is 10.0 Å². The Morgan fingerprint density at radius 1 is 1.65 bits per heavy atom. The molecule has 8 heteroatoms. The second kappa shape index (κ2) is 5.28. The molecule has 0 saturated heterocycles. The van der Waals surface area contributed by atoms with Crippen LogP contribution in [0.25, 0.3) is 0 Å². The lowest BCUT2D eigenvalue weighted by Gasteiger charge is -2.10. The van der Waals surface area contributed by atoms with Gasteiger partial charge in [-0.15, -0.1) is 0 Å². The monoisotopic (exact) mass is 262 g/mol. The number of rotatable bonds is 5. The minimum absolute atomic E-state index is 0.284. The van der Waals surface area contributed by atoms with Gasteiger partial charge in [-0.1, -0.05) is 5.16 Å². The van der Waals surface area contributed by atoms with E-state index >= 15 is 0 Å². The summed E-state index contributed by atoms with van der Waals surface area (Å²) in [4.78, 5) is 11.1. The molecule has 1 heterocycles. The number of nitrogens with zero attached hydrogens (tertiary/aromatic N) is 1. The summed E-state index contributed by atoms with van der Waals surface area (Å²) < 4.78 is 34.6. The third-order valence-electron chi connectivity index (χ3n) is 1.93. The van der Waals surface area contributed by atoms with Crippen molar-refractivity contribution < 1.29 is 22.5 Å². The highest BCUT2D eigenvalue weighted by atomic mass is 32.2. The number of hydrogen-bond donors (Lipinski definition) is 1. The van der Waals surface area contributed by atoms with Crippen LogP contribution in [0.2, 0.25) is 0 Å². The molecule has 1 aromatic rings. The van der Waals surface area contributed by atoms with Gasteiger partial charge in [-0.05, 0) is 13.8 Å². The number of ether oxygens (including phenoxy) is 1. The standard InChI is InChI=1S/C9H14N2O5S/c1-6-4-8(10-16-6)5-17(13,14)11-7(2)9(12)15-3/h4,7,11H,5H2,1-3H3. The van der Waals surface area contributed by atoms with E-state index in [1.807, 2.05) is 0 Å². The summed E-state index contributed by atoms with van der Waals surface area (Å²) in [6, 6.07) is 0.584. The molecule has 1 aromatic heterocycles. The first-order chi connectivity index (χ1) is 7.84. The topological polar surface area (TPSA) is 98.5 Å². The predicted octanol–water partition coefficient (Wildman–Crippen LogP) is -0.0361. The quantitative estimate of drug-likeness (QED) is 0.748. The Balaban J connectivity index is 2.66. The third-order valence-corrected chi connectivity index (χ3v) is 3.31. The van der Waals surface area contributed by atoms with Gasteiger partial charge < -0.3 is 9.26 Å².